The molecule has 0 unspecified atom stereocenters. The second-order valence-electron chi connectivity index (χ2n) is 5.45. The van der Waals surface area contributed by atoms with Gasteiger partial charge in [-0.15, -0.1) is 11.3 Å². The highest BCUT2D eigenvalue weighted by Gasteiger charge is 2.25. The Morgan fingerprint density at radius 3 is 2.95 bits per heavy atom. The van der Waals surface area contributed by atoms with Crippen molar-refractivity contribution in [3.05, 3.63) is 22.5 Å². The quantitative estimate of drug-likeness (QED) is 0.833. The van der Waals surface area contributed by atoms with Crippen LogP contribution in [0.3, 0.4) is 0 Å². The summed E-state index contributed by atoms with van der Waals surface area (Å²) in [4.78, 5) is 14.4. The Morgan fingerprint density at radius 2 is 2.10 bits per heavy atom. The average molecular weight is 303 g/mol. The van der Waals surface area contributed by atoms with Crippen LogP contribution in [0, 0.1) is 0 Å². The van der Waals surface area contributed by atoms with Gasteiger partial charge in [-0.2, -0.15) is 0 Å². The molecule has 2 aliphatic rings. The number of anilines is 1. The zero-order valence-corrected chi connectivity index (χ0v) is 12.4. The number of hydrogen-bond acceptors (Lipinski definition) is 7. The van der Waals surface area contributed by atoms with Gasteiger partial charge in [0.2, 0.25) is 5.95 Å². The summed E-state index contributed by atoms with van der Waals surface area (Å²) in [6.07, 6.45) is 4.05. The van der Waals surface area contributed by atoms with Crippen LogP contribution in [0.4, 0.5) is 5.95 Å². The first-order valence-electron chi connectivity index (χ1n) is 7.21. The number of ether oxygens (including phenoxy) is 1. The highest BCUT2D eigenvalue weighted by molar-refractivity contribution is 7.15. The van der Waals surface area contributed by atoms with Gasteiger partial charge in [0.05, 0.1) is 34.5 Å². The first-order valence-corrected chi connectivity index (χ1v) is 8.03. The monoisotopic (exact) mass is 303 g/mol. The molecule has 0 spiro atoms. The van der Waals surface area contributed by atoms with Crippen LogP contribution in [0.15, 0.2) is 6.20 Å². The van der Waals surface area contributed by atoms with Crippen molar-refractivity contribution in [1.29, 1.82) is 0 Å². The third-order valence-electron chi connectivity index (χ3n) is 4.00. The molecule has 0 radical (unpaired) electrons. The van der Waals surface area contributed by atoms with E-state index in [1.807, 2.05) is 0 Å². The van der Waals surface area contributed by atoms with Crippen molar-refractivity contribution in [3.63, 3.8) is 0 Å². The van der Waals surface area contributed by atoms with Gasteiger partial charge in [0, 0.05) is 17.7 Å². The molecule has 6 nitrogen and oxygen atoms in total. The van der Waals surface area contributed by atoms with Gasteiger partial charge >= 0.3 is 0 Å². The highest BCUT2D eigenvalue weighted by Crippen LogP contribution is 2.39. The molecule has 2 aromatic rings. The fraction of sp³-hybridized carbons (Fsp3) is 0.500. The van der Waals surface area contributed by atoms with Crippen LogP contribution < -0.4 is 11.1 Å². The molecule has 4 heterocycles. The number of thiazole rings is 1. The molecule has 110 valence electrons. The predicted octanol–water partition coefficient (Wildman–Crippen LogP) is 1.68. The van der Waals surface area contributed by atoms with Crippen molar-refractivity contribution in [2.45, 2.75) is 32.0 Å². The summed E-state index contributed by atoms with van der Waals surface area (Å²) in [6, 6.07) is 0. The van der Waals surface area contributed by atoms with E-state index in [2.05, 4.69) is 15.3 Å². The molecule has 2 aliphatic heterocycles. The number of nitrogens with one attached hydrogen (secondary N) is 1. The molecular weight excluding hydrogens is 286 g/mol. The summed E-state index contributed by atoms with van der Waals surface area (Å²) in [6.45, 7) is 3.18. The molecule has 1 saturated heterocycles. The Morgan fingerprint density at radius 1 is 1.24 bits per heavy atom. The van der Waals surface area contributed by atoms with Crippen molar-refractivity contribution in [3.8, 4) is 10.6 Å². The Balaban J connectivity index is 1.77. The van der Waals surface area contributed by atoms with Gasteiger partial charge in [-0.1, -0.05) is 0 Å². The summed E-state index contributed by atoms with van der Waals surface area (Å²) in [5.41, 5.74) is 8.63. The Bertz CT molecular complexity index is 665. The maximum atomic E-state index is 5.75. The molecule has 2 aromatic heterocycles. The van der Waals surface area contributed by atoms with Gasteiger partial charge in [0.15, 0.2) is 0 Å². The summed E-state index contributed by atoms with van der Waals surface area (Å²) >= 11 is 1.74. The van der Waals surface area contributed by atoms with Crippen molar-refractivity contribution in [2.24, 2.45) is 0 Å². The summed E-state index contributed by atoms with van der Waals surface area (Å²) in [7, 11) is 0. The molecule has 21 heavy (non-hydrogen) atoms. The Hall–Kier alpha value is -1.57. The van der Waals surface area contributed by atoms with Gasteiger partial charge in [-0.05, 0) is 25.9 Å². The maximum Gasteiger partial charge on any atom is 0.220 e. The van der Waals surface area contributed by atoms with Gasteiger partial charge in [0.1, 0.15) is 0 Å². The van der Waals surface area contributed by atoms with E-state index in [4.69, 9.17) is 15.5 Å². The lowest BCUT2D eigenvalue weighted by atomic mass is 9.99. The number of nitrogens with zero attached hydrogens (tertiary/aromatic N) is 3. The van der Waals surface area contributed by atoms with Crippen LogP contribution in [0.1, 0.15) is 35.0 Å². The van der Waals surface area contributed by atoms with E-state index in [0.717, 1.165) is 47.8 Å². The van der Waals surface area contributed by atoms with Crippen molar-refractivity contribution in [2.75, 3.05) is 18.8 Å². The van der Waals surface area contributed by atoms with Crippen LogP contribution in [0.2, 0.25) is 0 Å². The largest absolute Gasteiger partial charge is 0.370 e. The lowest BCUT2D eigenvalue weighted by Crippen LogP contribution is -2.26. The second-order valence-corrected chi connectivity index (χ2v) is 6.48. The van der Waals surface area contributed by atoms with E-state index in [-0.39, 0.29) is 0 Å². The molecule has 0 atom stereocenters. The van der Waals surface area contributed by atoms with Gasteiger partial charge in [-0.3, -0.25) is 0 Å². The molecule has 0 aromatic carbocycles. The van der Waals surface area contributed by atoms with E-state index in [1.165, 1.54) is 5.01 Å². The molecule has 0 bridgehead atoms. The maximum absolute atomic E-state index is 5.75. The van der Waals surface area contributed by atoms with E-state index >= 15 is 0 Å². The Kier molecular flexibility index (Phi) is 3.33. The van der Waals surface area contributed by atoms with Crippen LogP contribution in [-0.4, -0.2) is 28.0 Å². The summed E-state index contributed by atoms with van der Waals surface area (Å²) in [5.74, 6) is 0.851. The molecule has 3 N–H and O–H groups in total. The number of nitrogens with two attached hydrogens (primary N) is 1. The zero-order valence-electron chi connectivity index (χ0n) is 11.6. The fourth-order valence-electron chi connectivity index (χ4n) is 2.88. The minimum Gasteiger partial charge on any atom is -0.370 e. The molecule has 7 heteroatoms. The zero-order chi connectivity index (χ0) is 14.2. The van der Waals surface area contributed by atoms with Crippen LogP contribution in [-0.2, 0) is 18.0 Å². The number of fused-ring (bicyclic) bond motifs is 3. The molecule has 1 fully saturated rings. The second kappa shape index (κ2) is 5.32. The molecule has 0 amide bonds. The topological polar surface area (TPSA) is 86.0 Å². The fourth-order valence-corrected chi connectivity index (χ4v) is 4.14. The van der Waals surface area contributed by atoms with E-state index in [0.29, 0.717) is 25.1 Å². The highest BCUT2D eigenvalue weighted by atomic mass is 32.1. The lowest BCUT2D eigenvalue weighted by Gasteiger charge is -2.20. The standard InChI is InChI=1S/C14H17N5OS/c15-14-17-5-9-6-20-7-10-12(11(9)19-14)21-13(18-10)8-1-3-16-4-2-8/h5,8,16H,1-4,6-7H2,(H2,15,17,19). The first-order chi connectivity index (χ1) is 10.3. The average Bonchev–Trinajstić information content (AvgIpc) is 2.87. The van der Waals surface area contributed by atoms with Crippen LogP contribution >= 0.6 is 11.3 Å². The van der Waals surface area contributed by atoms with Crippen LogP contribution in [0.5, 0.6) is 0 Å². The smallest absolute Gasteiger partial charge is 0.220 e. The van der Waals surface area contributed by atoms with Gasteiger partial charge in [0.25, 0.3) is 0 Å². The van der Waals surface area contributed by atoms with E-state index < -0.39 is 0 Å². The number of aromatic nitrogens is 3. The van der Waals surface area contributed by atoms with Crippen molar-refractivity contribution < 1.29 is 4.74 Å². The van der Waals surface area contributed by atoms with Gasteiger partial charge < -0.3 is 15.8 Å². The van der Waals surface area contributed by atoms with Crippen LogP contribution in [0.25, 0.3) is 10.6 Å². The van der Waals surface area contributed by atoms with E-state index in [1.54, 1.807) is 17.5 Å². The molecule has 4 rings (SSSR count). The molecule has 0 saturated carbocycles. The normalized spacial score (nSPS) is 18.9. The minimum absolute atomic E-state index is 0.304. The third kappa shape index (κ3) is 2.41. The van der Waals surface area contributed by atoms with E-state index in [9.17, 15) is 0 Å². The third-order valence-corrected chi connectivity index (χ3v) is 5.26. The van der Waals surface area contributed by atoms with Crippen molar-refractivity contribution in [1.82, 2.24) is 20.3 Å². The number of piperidine rings is 1. The number of rotatable bonds is 1. The summed E-state index contributed by atoms with van der Waals surface area (Å²) in [5, 5.41) is 4.60. The minimum atomic E-state index is 0.304. The predicted molar refractivity (Wildman–Crippen MR) is 80.9 cm³/mol. The summed E-state index contributed by atoms with van der Waals surface area (Å²) < 4.78 is 5.70. The first kappa shape index (κ1) is 13.1. The van der Waals surface area contributed by atoms with Crippen molar-refractivity contribution >= 4 is 17.3 Å². The Labute approximate surface area is 126 Å². The number of hydrogen-bond donors (Lipinski definition) is 2. The SMILES string of the molecule is Nc1ncc2c(n1)-c1sc(C3CCNCC3)nc1COC2. The molecular formula is C14H17N5OS. The number of nitrogen functional groups attached to an aromatic ring is 1. The molecule has 0 aliphatic carbocycles. The van der Waals surface area contributed by atoms with Gasteiger partial charge in [-0.25, -0.2) is 15.0 Å². The lowest BCUT2D eigenvalue weighted by molar-refractivity contribution is 0.107.